The van der Waals surface area contributed by atoms with E-state index in [4.69, 9.17) is 5.11 Å². The van der Waals surface area contributed by atoms with Gasteiger partial charge in [0, 0.05) is 12.1 Å². The Morgan fingerprint density at radius 3 is 2.26 bits per heavy atom. The Balaban J connectivity index is 3.84. The maximum absolute atomic E-state index is 11.6. The zero-order chi connectivity index (χ0) is 14.9. The first-order valence-corrected chi connectivity index (χ1v) is 6.81. The highest BCUT2D eigenvalue weighted by Crippen LogP contribution is 2.07. The number of amides is 2. The molecule has 0 aliphatic heterocycles. The summed E-state index contributed by atoms with van der Waals surface area (Å²) < 4.78 is 0. The summed E-state index contributed by atoms with van der Waals surface area (Å²) in [6, 6.07) is -0.314. The lowest BCUT2D eigenvalue weighted by atomic mass is 10.0. The zero-order valence-corrected chi connectivity index (χ0v) is 12.5. The van der Waals surface area contributed by atoms with Gasteiger partial charge >= 0.3 is 12.0 Å². The first-order chi connectivity index (χ1) is 8.80. The summed E-state index contributed by atoms with van der Waals surface area (Å²) in [4.78, 5) is 24.5. The van der Waals surface area contributed by atoms with E-state index in [1.807, 2.05) is 0 Å². The fraction of sp³-hybridized carbons (Fsp3) is 0.846. The monoisotopic (exact) mass is 273 g/mol. The van der Waals surface area contributed by atoms with E-state index in [1.165, 1.54) is 0 Å². The Morgan fingerprint density at radius 2 is 1.79 bits per heavy atom. The zero-order valence-electron chi connectivity index (χ0n) is 12.5. The van der Waals surface area contributed by atoms with Gasteiger partial charge in [0.2, 0.25) is 0 Å². The molecule has 0 bridgehead atoms. The average Bonchev–Trinajstić information content (AvgIpc) is 2.26. The molecule has 0 atom stereocenters. The number of hydrogen-bond donors (Lipinski definition) is 3. The second kappa shape index (κ2) is 8.74. The molecule has 19 heavy (non-hydrogen) atoms. The minimum atomic E-state index is -0.924. The summed E-state index contributed by atoms with van der Waals surface area (Å²) in [6.07, 6.45) is 0.786. The van der Waals surface area contributed by atoms with Crippen molar-refractivity contribution < 1.29 is 14.7 Å². The first kappa shape index (κ1) is 17.7. The Hall–Kier alpha value is -1.30. The molecule has 0 spiro atoms. The molecule has 0 fully saturated rings. The lowest BCUT2D eigenvalue weighted by Gasteiger charge is -2.24. The van der Waals surface area contributed by atoms with Crippen LogP contribution in [0.25, 0.3) is 0 Å². The van der Waals surface area contributed by atoms with E-state index in [9.17, 15) is 9.59 Å². The predicted octanol–water partition coefficient (Wildman–Crippen LogP) is 1.27. The Kier molecular flexibility index (Phi) is 8.14. The van der Waals surface area contributed by atoms with Crippen LogP contribution in [-0.4, -0.2) is 53.7 Å². The number of urea groups is 1. The highest BCUT2D eigenvalue weighted by Gasteiger charge is 2.23. The van der Waals surface area contributed by atoms with Crippen molar-refractivity contribution in [3.8, 4) is 0 Å². The van der Waals surface area contributed by atoms with Gasteiger partial charge in [-0.15, -0.1) is 0 Å². The van der Waals surface area contributed by atoms with Crippen molar-refractivity contribution in [1.29, 1.82) is 0 Å². The van der Waals surface area contributed by atoms with Crippen molar-refractivity contribution in [2.24, 2.45) is 0 Å². The minimum absolute atomic E-state index is 0.0974. The van der Waals surface area contributed by atoms with Crippen LogP contribution in [0.5, 0.6) is 0 Å². The number of nitrogens with one attached hydrogen (secondary N) is 2. The smallest absolute Gasteiger partial charge is 0.315 e. The molecule has 0 saturated carbocycles. The van der Waals surface area contributed by atoms with Gasteiger partial charge in [-0.05, 0) is 39.9 Å². The molecule has 6 heteroatoms. The molecule has 0 aliphatic rings. The molecular weight excluding hydrogens is 246 g/mol. The summed E-state index contributed by atoms with van der Waals surface area (Å²) in [5, 5.41) is 14.1. The second-order valence-electron chi connectivity index (χ2n) is 5.22. The maximum Gasteiger partial charge on any atom is 0.315 e. The van der Waals surface area contributed by atoms with E-state index in [0.717, 1.165) is 26.1 Å². The third-order valence-electron chi connectivity index (χ3n) is 2.88. The first-order valence-electron chi connectivity index (χ1n) is 6.81. The molecular formula is C13H27N3O3. The van der Waals surface area contributed by atoms with Crippen LogP contribution in [0.15, 0.2) is 0 Å². The van der Waals surface area contributed by atoms with E-state index in [1.54, 1.807) is 13.8 Å². The standard InChI is InChI=1S/C13H27N3O3/c1-5-16(6-2)9-7-8-14-12(19)15-13(3,4)10-11(17)18/h5-10H2,1-4H3,(H,17,18)(H2,14,15,19). The predicted molar refractivity (Wildman–Crippen MR) is 75.3 cm³/mol. The molecule has 0 saturated heterocycles. The molecule has 3 N–H and O–H groups in total. The SMILES string of the molecule is CCN(CC)CCCNC(=O)NC(C)(C)CC(=O)O. The van der Waals surface area contributed by atoms with Crippen LogP contribution in [0.3, 0.4) is 0 Å². The van der Waals surface area contributed by atoms with Crippen molar-refractivity contribution in [2.45, 2.75) is 46.1 Å². The van der Waals surface area contributed by atoms with Crippen LogP contribution in [-0.2, 0) is 4.79 Å². The van der Waals surface area contributed by atoms with Gasteiger partial charge in [0.05, 0.1) is 6.42 Å². The highest BCUT2D eigenvalue weighted by molar-refractivity contribution is 5.76. The molecule has 0 aromatic rings. The van der Waals surface area contributed by atoms with Gasteiger partial charge in [0.25, 0.3) is 0 Å². The summed E-state index contributed by atoms with van der Waals surface area (Å²) in [7, 11) is 0. The molecule has 6 nitrogen and oxygen atoms in total. The van der Waals surface area contributed by atoms with Gasteiger partial charge in [-0.1, -0.05) is 13.8 Å². The quantitative estimate of drug-likeness (QED) is 0.553. The van der Waals surface area contributed by atoms with Crippen molar-refractivity contribution in [3.63, 3.8) is 0 Å². The maximum atomic E-state index is 11.6. The van der Waals surface area contributed by atoms with E-state index in [-0.39, 0.29) is 12.5 Å². The topological polar surface area (TPSA) is 81.7 Å². The average molecular weight is 273 g/mol. The van der Waals surface area contributed by atoms with E-state index < -0.39 is 11.5 Å². The summed E-state index contributed by atoms with van der Waals surface area (Å²) in [5.74, 6) is -0.924. The Bertz CT molecular complexity index is 289. The molecule has 0 aromatic heterocycles. The van der Waals surface area contributed by atoms with Crippen LogP contribution in [0, 0.1) is 0 Å². The molecule has 112 valence electrons. The number of aliphatic carboxylic acids is 1. The van der Waals surface area contributed by atoms with Crippen LogP contribution in [0.2, 0.25) is 0 Å². The van der Waals surface area contributed by atoms with Crippen molar-refractivity contribution in [1.82, 2.24) is 15.5 Å². The number of hydrogen-bond acceptors (Lipinski definition) is 3. The highest BCUT2D eigenvalue weighted by atomic mass is 16.4. The van der Waals surface area contributed by atoms with E-state index in [0.29, 0.717) is 6.54 Å². The van der Waals surface area contributed by atoms with Crippen molar-refractivity contribution in [2.75, 3.05) is 26.2 Å². The Morgan fingerprint density at radius 1 is 1.21 bits per heavy atom. The number of carbonyl (C=O) groups excluding carboxylic acids is 1. The minimum Gasteiger partial charge on any atom is -0.481 e. The molecule has 0 aliphatic carbocycles. The van der Waals surface area contributed by atoms with Crippen LogP contribution >= 0.6 is 0 Å². The van der Waals surface area contributed by atoms with E-state index in [2.05, 4.69) is 29.4 Å². The van der Waals surface area contributed by atoms with Gasteiger partial charge in [-0.3, -0.25) is 4.79 Å². The van der Waals surface area contributed by atoms with Gasteiger partial charge in [-0.25, -0.2) is 4.79 Å². The Labute approximate surface area is 115 Å². The summed E-state index contributed by atoms with van der Waals surface area (Å²) in [5.41, 5.74) is -0.741. The number of carboxylic acids is 1. The number of nitrogens with zero attached hydrogens (tertiary/aromatic N) is 1. The molecule has 0 unspecified atom stereocenters. The van der Waals surface area contributed by atoms with Crippen LogP contribution in [0.4, 0.5) is 4.79 Å². The van der Waals surface area contributed by atoms with Gasteiger partial charge < -0.3 is 20.6 Å². The van der Waals surface area contributed by atoms with Gasteiger partial charge in [-0.2, -0.15) is 0 Å². The van der Waals surface area contributed by atoms with Crippen molar-refractivity contribution in [3.05, 3.63) is 0 Å². The third kappa shape index (κ3) is 9.30. The number of rotatable bonds is 9. The van der Waals surface area contributed by atoms with Gasteiger partial charge in [0.1, 0.15) is 0 Å². The lowest BCUT2D eigenvalue weighted by Crippen LogP contribution is -2.49. The fourth-order valence-electron chi connectivity index (χ4n) is 1.82. The van der Waals surface area contributed by atoms with Crippen LogP contribution in [0.1, 0.15) is 40.5 Å². The lowest BCUT2D eigenvalue weighted by molar-refractivity contribution is -0.138. The van der Waals surface area contributed by atoms with Crippen molar-refractivity contribution >= 4 is 12.0 Å². The third-order valence-corrected chi connectivity index (χ3v) is 2.88. The normalized spacial score (nSPS) is 11.4. The summed E-state index contributed by atoms with van der Waals surface area (Å²) >= 11 is 0. The molecule has 0 rings (SSSR count). The molecule has 0 heterocycles. The molecule has 2 amide bonds. The fourth-order valence-corrected chi connectivity index (χ4v) is 1.82. The van der Waals surface area contributed by atoms with Crippen LogP contribution < -0.4 is 10.6 Å². The number of carbonyl (C=O) groups is 2. The van der Waals surface area contributed by atoms with E-state index >= 15 is 0 Å². The molecule has 0 aromatic carbocycles. The second-order valence-corrected chi connectivity index (χ2v) is 5.22. The molecule has 0 radical (unpaired) electrons. The van der Waals surface area contributed by atoms with Gasteiger partial charge in [0.15, 0.2) is 0 Å². The largest absolute Gasteiger partial charge is 0.481 e. The number of carboxylic acid groups (broad SMARTS) is 1. The summed E-state index contributed by atoms with van der Waals surface area (Å²) in [6.45, 7) is 11.2.